The van der Waals surface area contributed by atoms with Crippen molar-refractivity contribution in [2.24, 2.45) is 4.99 Å². The van der Waals surface area contributed by atoms with Crippen molar-refractivity contribution in [1.82, 2.24) is 4.98 Å². The number of halogens is 1. The predicted molar refractivity (Wildman–Crippen MR) is 126 cm³/mol. The largest absolute Gasteiger partial charge is 0.322 e. The summed E-state index contributed by atoms with van der Waals surface area (Å²) in [5.74, 6) is -1.01. The van der Waals surface area contributed by atoms with Crippen LogP contribution in [0.15, 0.2) is 84.0 Å². The second-order valence-corrected chi connectivity index (χ2v) is 8.63. The number of carbonyl (C=O) groups excluding carboxylic acids is 1. The van der Waals surface area contributed by atoms with E-state index in [-0.39, 0.29) is 11.1 Å². The van der Waals surface area contributed by atoms with Crippen LogP contribution in [-0.4, -0.2) is 22.1 Å². The Morgan fingerprint density at radius 1 is 1.00 bits per heavy atom. The number of pyridine rings is 1. The summed E-state index contributed by atoms with van der Waals surface area (Å²) < 4.78 is 14.1. The third kappa shape index (κ3) is 3.66. The summed E-state index contributed by atoms with van der Waals surface area (Å²) in [5.41, 5.74) is 4.96. The lowest BCUT2D eigenvalue weighted by Crippen LogP contribution is -2.30. The Hall–Kier alpha value is -3.86. The van der Waals surface area contributed by atoms with Crippen molar-refractivity contribution in [3.63, 3.8) is 0 Å². The minimum Gasteiger partial charge on any atom is -0.322 e. The van der Waals surface area contributed by atoms with E-state index in [0.717, 1.165) is 33.3 Å². The van der Waals surface area contributed by atoms with Crippen molar-refractivity contribution >= 4 is 28.2 Å². The van der Waals surface area contributed by atoms with E-state index in [2.05, 4.69) is 30.2 Å². The van der Waals surface area contributed by atoms with Gasteiger partial charge >= 0.3 is 0 Å². The maximum atomic E-state index is 14.1. The number of rotatable bonds is 3. The first kappa shape index (κ1) is 20.1. The van der Waals surface area contributed by atoms with E-state index >= 15 is 0 Å². The zero-order valence-corrected chi connectivity index (χ0v) is 17.9. The van der Waals surface area contributed by atoms with E-state index in [1.54, 1.807) is 12.1 Å². The number of nitrogens with one attached hydrogen (secondary N) is 1. The van der Waals surface area contributed by atoms with Crippen LogP contribution in [0.3, 0.4) is 0 Å². The molecule has 0 atom stereocenters. The van der Waals surface area contributed by atoms with Crippen molar-refractivity contribution in [3.05, 3.63) is 107 Å². The summed E-state index contributed by atoms with van der Waals surface area (Å²) in [5, 5.41) is 3.96. The van der Waals surface area contributed by atoms with Gasteiger partial charge in [-0.05, 0) is 56.2 Å². The highest BCUT2D eigenvalue weighted by Gasteiger charge is 2.30. The van der Waals surface area contributed by atoms with Crippen molar-refractivity contribution in [2.45, 2.75) is 25.8 Å². The summed E-state index contributed by atoms with van der Waals surface area (Å²) in [7, 11) is 0. The summed E-state index contributed by atoms with van der Waals surface area (Å²) in [6.07, 6.45) is 2.50. The summed E-state index contributed by atoms with van der Waals surface area (Å²) in [4.78, 5) is 22.4. The number of hydrogen-bond acceptors (Lipinski definition) is 3. The minimum absolute atomic E-state index is 0.0211. The highest BCUT2D eigenvalue weighted by atomic mass is 19.1. The highest BCUT2D eigenvalue weighted by molar-refractivity contribution is 6.16. The van der Waals surface area contributed by atoms with E-state index < -0.39 is 11.7 Å². The van der Waals surface area contributed by atoms with Crippen LogP contribution in [0.4, 0.5) is 10.1 Å². The zero-order valence-electron chi connectivity index (χ0n) is 17.9. The molecule has 1 aromatic heterocycles. The van der Waals surface area contributed by atoms with Crippen LogP contribution in [0.5, 0.6) is 0 Å². The maximum absolute atomic E-state index is 14.1. The smallest absolute Gasteiger partial charge is 0.258 e. The summed E-state index contributed by atoms with van der Waals surface area (Å²) in [6.45, 7) is 4.14. The van der Waals surface area contributed by atoms with Gasteiger partial charge in [-0.15, -0.1) is 0 Å². The molecule has 4 nitrogen and oxygen atoms in total. The molecule has 32 heavy (non-hydrogen) atoms. The van der Waals surface area contributed by atoms with Gasteiger partial charge in [0.15, 0.2) is 0 Å². The Morgan fingerprint density at radius 3 is 2.62 bits per heavy atom. The van der Waals surface area contributed by atoms with Crippen LogP contribution in [0.25, 0.3) is 10.9 Å². The average Bonchev–Trinajstić information content (AvgIpc) is 2.78. The second kappa shape index (κ2) is 7.68. The molecule has 5 rings (SSSR count). The molecule has 2 heterocycles. The van der Waals surface area contributed by atoms with Crippen LogP contribution < -0.4 is 5.32 Å². The van der Waals surface area contributed by atoms with Gasteiger partial charge in [0, 0.05) is 28.4 Å². The van der Waals surface area contributed by atoms with E-state index in [4.69, 9.17) is 4.99 Å². The quantitative estimate of drug-likeness (QED) is 0.453. The normalized spacial score (nSPS) is 14.5. The van der Waals surface area contributed by atoms with Crippen molar-refractivity contribution < 1.29 is 9.18 Å². The molecule has 3 aromatic carbocycles. The Morgan fingerprint density at radius 2 is 1.78 bits per heavy atom. The lowest BCUT2D eigenvalue weighted by Gasteiger charge is -2.31. The molecule has 0 spiro atoms. The van der Waals surface area contributed by atoms with Crippen molar-refractivity contribution in [1.29, 1.82) is 0 Å². The molecular weight excluding hydrogens is 401 g/mol. The predicted octanol–water partition coefficient (Wildman–Crippen LogP) is 5.80. The van der Waals surface area contributed by atoms with E-state index in [0.29, 0.717) is 12.1 Å². The Balaban J connectivity index is 1.59. The third-order valence-corrected chi connectivity index (χ3v) is 5.69. The minimum atomic E-state index is -0.542. The van der Waals surface area contributed by atoms with Gasteiger partial charge < -0.3 is 5.32 Å². The first-order chi connectivity index (χ1) is 15.4. The standard InChI is InChI=1S/C27H22FN3O/c1-27(2)15-21-19(25(31-27)18-14-17-8-3-6-12-23(17)29-16-18)10-7-13-24(21)30-26(32)20-9-4-5-11-22(20)28/h3-14,16H,15H2,1-2H3,(H,30,32). The van der Waals surface area contributed by atoms with E-state index in [9.17, 15) is 9.18 Å². The number of anilines is 1. The fourth-order valence-electron chi connectivity index (χ4n) is 4.21. The summed E-state index contributed by atoms with van der Waals surface area (Å²) >= 11 is 0. The lowest BCUT2D eigenvalue weighted by molar-refractivity contribution is 0.102. The van der Waals surface area contributed by atoms with E-state index in [1.807, 2.05) is 48.7 Å². The molecule has 0 saturated carbocycles. The number of carbonyl (C=O) groups is 1. The first-order valence-electron chi connectivity index (χ1n) is 10.5. The van der Waals surface area contributed by atoms with Gasteiger partial charge in [0.25, 0.3) is 5.91 Å². The molecule has 1 aliphatic rings. The van der Waals surface area contributed by atoms with Crippen LogP contribution >= 0.6 is 0 Å². The monoisotopic (exact) mass is 423 g/mol. The van der Waals surface area contributed by atoms with Gasteiger partial charge in [0.1, 0.15) is 5.82 Å². The second-order valence-electron chi connectivity index (χ2n) is 8.63. The molecule has 1 amide bonds. The molecule has 0 unspecified atom stereocenters. The number of fused-ring (bicyclic) bond motifs is 2. The highest BCUT2D eigenvalue weighted by Crippen LogP contribution is 2.34. The van der Waals surface area contributed by atoms with Gasteiger partial charge in [-0.25, -0.2) is 4.39 Å². The molecular formula is C27H22FN3O. The van der Waals surface area contributed by atoms with Gasteiger partial charge in [-0.2, -0.15) is 0 Å². The van der Waals surface area contributed by atoms with Crippen molar-refractivity contribution in [2.75, 3.05) is 5.32 Å². The molecule has 0 saturated heterocycles. The molecule has 5 heteroatoms. The third-order valence-electron chi connectivity index (χ3n) is 5.69. The van der Waals surface area contributed by atoms with Crippen LogP contribution in [0.2, 0.25) is 0 Å². The number of aliphatic imine (C=N–C) groups is 1. The van der Waals surface area contributed by atoms with Crippen LogP contribution in [-0.2, 0) is 6.42 Å². The molecule has 1 aliphatic heterocycles. The number of amides is 1. The maximum Gasteiger partial charge on any atom is 0.258 e. The van der Waals surface area contributed by atoms with Gasteiger partial charge in [0.2, 0.25) is 0 Å². The Labute approximate surface area is 185 Å². The van der Waals surface area contributed by atoms with Gasteiger partial charge in [0.05, 0.1) is 22.3 Å². The number of nitrogens with zero attached hydrogens (tertiary/aromatic N) is 2. The number of para-hydroxylation sites is 1. The average molecular weight is 423 g/mol. The Kier molecular flexibility index (Phi) is 4.82. The fourth-order valence-corrected chi connectivity index (χ4v) is 4.21. The van der Waals surface area contributed by atoms with E-state index in [1.165, 1.54) is 12.1 Å². The topological polar surface area (TPSA) is 54.4 Å². The molecule has 1 N–H and O–H groups in total. The SMILES string of the molecule is CC1(C)Cc2c(NC(=O)c3ccccc3F)cccc2C(c2cnc3ccccc3c2)=N1. The number of aromatic nitrogens is 1. The van der Waals surface area contributed by atoms with Crippen molar-refractivity contribution in [3.8, 4) is 0 Å². The van der Waals surface area contributed by atoms with Crippen LogP contribution in [0, 0.1) is 5.82 Å². The zero-order chi connectivity index (χ0) is 22.3. The lowest BCUT2D eigenvalue weighted by atomic mass is 9.84. The Bertz CT molecular complexity index is 1390. The number of hydrogen-bond donors (Lipinski definition) is 1. The molecule has 0 aliphatic carbocycles. The van der Waals surface area contributed by atoms with Crippen LogP contribution in [0.1, 0.15) is 40.9 Å². The molecule has 0 bridgehead atoms. The molecule has 0 radical (unpaired) electrons. The first-order valence-corrected chi connectivity index (χ1v) is 10.5. The number of benzene rings is 3. The molecule has 158 valence electrons. The van der Waals surface area contributed by atoms with Gasteiger partial charge in [-0.1, -0.05) is 42.5 Å². The van der Waals surface area contributed by atoms with Gasteiger partial charge in [-0.3, -0.25) is 14.8 Å². The molecule has 0 fully saturated rings. The summed E-state index contributed by atoms with van der Waals surface area (Å²) in [6, 6.07) is 21.8. The molecule has 4 aromatic rings. The fraction of sp³-hybridized carbons (Fsp3) is 0.148.